The number of aryl methyl sites for hydroxylation is 1. The van der Waals surface area contributed by atoms with E-state index in [1.807, 2.05) is 37.1 Å². The second-order valence-corrected chi connectivity index (χ2v) is 20.1. The number of sulfonamides is 1. The number of amides is 2. The van der Waals surface area contributed by atoms with E-state index in [-0.39, 0.29) is 40.7 Å². The molecule has 11 nitrogen and oxygen atoms in total. The van der Waals surface area contributed by atoms with Crippen LogP contribution in [-0.4, -0.2) is 124 Å². The number of carbonyl (C=O) groups is 2. The maximum absolute atomic E-state index is 13.7. The number of nitrogens with zero attached hydrogens (tertiary/aromatic N) is 4. The number of fused-ring (bicyclic) bond motifs is 5. The van der Waals surface area contributed by atoms with Gasteiger partial charge in [-0.15, -0.1) is 0 Å². The lowest BCUT2D eigenvalue weighted by Crippen LogP contribution is -2.65. The van der Waals surface area contributed by atoms with E-state index in [0.29, 0.717) is 38.4 Å². The molecule has 57 heavy (non-hydrogen) atoms. The highest BCUT2D eigenvalue weighted by Gasteiger charge is 2.50. The van der Waals surface area contributed by atoms with Gasteiger partial charge in [-0.25, -0.2) is 13.1 Å². The Kier molecular flexibility index (Phi) is 11.3. The Morgan fingerprint density at radius 1 is 1.09 bits per heavy atom. The summed E-state index contributed by atoms with van der Waals surface area (Å²) in [5, 5.41) is -0.0786. The van der Waals surface area contributed by atoms with Gasteiger partial charge < -0.3 is 19.3 Å². The molecule has 6 aliphatic rings. The van der Waals surface area contributed by atoms with Crippen molar-refractivity contribution in [3.05, 3.63) is 82.9 Å². The Morgan fingerprint density at radius 2 is 1.91 bits per heavy atom. The lowest BCUT2D eigenvalue weighted by Gasteiger charge is -2.53. The van der Waals surface area contributed by atoms with Gasteiger partial charge in [-0.05, 0) is 111 Å². The third kappa shape index (κ3) is 7.77. The van der Waals surface area contributed by atoms with Crippen LogP contribution in [0.1, 0.15) is 67.4 Å². The predicted octanol–water partition coefficient (Wildman–Crippen LogP) is 5.28. The van der Waals surface area contributed by atoms with Crippen LogP contribution in [0.15, 0.2) is 61.2 Å². The number of ether oxygens (including phenoxy) is 2. The number of methoxy groups -OCH3 is 1. The van der Waals surface area contributed by atoms with Crippen molar-refractivity contribution >= 4 is 39.1 Å². The highest BCUT2D eigenvalue weighted by atomic mass is 35.5. The van der Waals surface area contributed by atoms with E-state index in [1.54, 1.807) is 13.0 Å². The molecular weight excluding hydrogens is 762 g/mol. The molecule has 2 amide bonds. The number of piperazine rings is 2. The number of anilines is 1. The Bertz CT molecular complexity index is 2030. The summed E-state index contributed by atoms with van der Waals surface area (Å²) < 4.78 is 43.2. The summed E-state index contributed by atoms with van der Waals surface area (Å²) >= 11 is 6.52. The molecule has 4 aliphatic heterocycles. The first-order chi connectivity index (χ1) is 27.3. The summed E-state index contributed by atoms with van der Waals surface area (Å²) in [6.45, 7) is 14.8. The molecule has 308 valence electrons. The predicted molar refractivity (Wildman–Crippen MR) is 224 cm³/mol. The van der Waals surface area contributed by atoms with Crippen molar-refractivity contribution in [2.24, 2.45) is 17.8 Å². The fourth-order valence-electron chi connectivity index (χ4n) is 10.6. The summed E-state index contributed by atoms with van der Waals surface area (Å²) in [5.74, 6) is 0.261. The third-order valence-corrected chi connectivity index (χ3v) is 16.5. The Labute approximate surface area is 343 Å². The lowest BCUT2D eigenvalue weighted by atomic mass is 9.63. The monoisotopic (exact) mass is 819 g/mol. The summed E-state index contributed by atoms with van der Waals surface area (Å²) in [5.41, 5.74) is 2.70. The molecule has 13 heteroatoms. The van der Waals surface area contributed by atoms with E-state index in [2.05, 4.69) is 50.3 Å². The fraction of sp³-hybridized carbons (Fsp3) is 0.591. The molecule has 0 radical (unpaired) electrons. The molecule has 1 spiro atoms. The minimum atomic E-state index is -3.99. The highest BCUT2D eigenvalue weighted by Crippen LogP contribution is 2.49. The molecule has 7 atom stereocenters. The van der Waals surface area contributed by atoms with Gasteiger partial charge in [0.05, 0.1) is 17.5 Å². The SMILES string of the molecule is C=CC(=O)N1CCN2CCN(C[C@]3(OC)C=CC[C@H](C)[C@@H](C)S(=O)(=O)NC(=O)c4ccc5c(c4)N(C[C@@H]4CC[C@H]43)C[C@@]3(CCCc4cc(Cl)ccc43)CO5)C[C@@H]2C1. The van der Waals surface area contributed by atoms with Crippen LogP contribution in [0.25, 0.3) is 0 Å². The number of nitrogens with one attached hydrogen (secondary N) is 1. The van der Waals surface area contributed by atoms with Crippen LogP contribution in [0.3, 0.4) is 0 Å². The molecule has 1 N–H and O–H groups in total. The minimum absolute atomic E-state index is 0.0160. The number of allylic oxidation sites excluding steroid dienone is 1. The van der Waals surface area contributed by atoms with E-state index in [4.69, 9.17) is 21.1 Å². The molecule has 8 rings (SSSR count). The van der Waals surface area contributed by atoms with Crippen molar-refractivity contribution in [1.29, 1.82) is 0 Å². The fourth-order valence-corrected chi connectivity index (χ4v) is 12.1. The van der Waals surface area contributed by atoms with E-state index in [0.717, 1.165) is 82.1 Å². The second kappa shape index (κ2) is 16.0. The van der Waals surface area contributed by atoms with Gasteiger partial charge in [0.15, 0.2) is 0 Å². The topological polar surface area (TPSA) is 112 Å². The average Bonchev–Trinajstić information content (AvgIpc) is 3.34. The molecule has 2 saturated heterocycles. The zero-order chi connectivity index (χ0) is 40.1. The summed E-state index contributed by atoms with van der Waals surface area (Å²) in [6.07, 6.45) is 11.2. The molecule has 1 saturated carbocycles. The van der Waals surface area contributed by atoms with Crippen LogP contribution < -0.4 is 14.4 Å². The van der Waals surface area contributed by atoms with Gasteiger partial charge in [-0.1, -0.05) is 43.3 Å². The minimum Gasteiger partial charge on any atom is -0.490 e. The number of rotatable bonds is 4. The first kappa shape index (κ1) is 40.4. The zero-order valence-corrected chi connectivity index (χ0v) is 35.2. The molecular formula is C44H58ClN5O6S. The van der Waals surface area contributed by atoms with Crippen LogP contribution in [-0.2, 0) is 31.4 Å². The largest absolute Gasteiger partial charge is 0.490 e. The van der Waals surface area contributed by atoms with E-state index in [9.17, 15) is 18.0 Å². The van der Waals surface area contributed by atoms with E-state index < -0.39 is 26.8 Å². The van der Waals surface area contributed by atoms with Crippen molar-refractivity contribution in [2.45, 2.75) is 74.7 Å². The molecule has 0 unspecified atom stereocenters. The number of carbonyl (C=O) groups excluding carboxylic acids is 2. The van der Waals surface area contributed by atoms with E-state index in [1.165, 1.54) is 17.2 Å². The summed E-state index contributed by atoms with van der Waals surface area (Å²) in [6, 6.07) is 11.8. The van der Waals surface area contributed by atoms with Crippen LogP contribution in [0.2, 0.25) is 5.02 Å². The molecule has 2 bridgehead atoms. The molecule has 2 aliphatic carbocycles. The number of benzene rings is 2. The number of hydrogen-bond acceptors (Lipinski definition) is 9. The molecule has 0 aromatic heterocycles. The van der Waals surface area contributed by atoms with Gasteiger partial charge in [0.2, 0.25) is 15.9 Å². The van der Waals surface area contributed by atoms with Gasteiger partial charge >= 0.3 is 0 Å². The van der Waals surface area contributed by atoms with Gasteiger partial charge in [0.25, 0.3) is 5.91 Å². The van der Waals surface area contributed by atoms with E-state index >= 15 is 0 Å². The third-order valence-electron chi connectivity index (χ3n) is 14.3. The van der Waals surface area contributed by atoms with Crippen LogP contribution in [0.5, 0.6) is 5.75 Å². The Hall–Kier alpha value is -3.42. The standard InChI is InChI=1S/C44H58ClN5O6S/c1-5-41(51)49-21-20-48-19-18-47(25-36(48)26-49)28-44(55-4)17-6-8-30(2)31(3)57(53,54)46-42(52)33-11-15-40-39(23-33)50(24-34-10-13-38(34)44)27-43(29-56-40)16-7-9-32-22-35(45)12-14-37(32)43/h5-6,11-12,14-15,17,22-23,30-31,34,36,38H,1,7-10,13,16,18-21,24-29H2,2-4H3,(H,46,52)/t30-,31+,34-,36+,38+,43-,44+/m0/s1. The van der Waals surface area contributed by atoms with Crippen molar-refractivity contribution in [3.63, 3.8) is 0 Å². The first-order valence-electron chi connectivity index (χ1n) is 20.8. The quantitative estimate of drug-likeness (QED) is 0.326. The van der Waals surface area contributed by atoms with Gasteiger partial charge in [-0.2, -0.15) is 0 Å². The molecule has 2 aromatic rings. The average molecular weight is 820 g/mol. The Morgan fingerprint density at radius 3 is 2.68 bits per heavy atom. The van der Waals surface area contributed by atoms with Crippen molar-refractivity contribution < 1.29 is 27.5 Å². The highest BCUT2D eigenvalue weighted by molar-refractivity contribution is 7.90. The summed E-state index contributed by atoms with van der Waals surface area (Å²) in [7, 11) is -2.17. The summed E-state index contributed by atoms with van der Waals surface area (Å²) in [4.78, 5) is 35.7. The second-order valence-electron chi connectivity index (χ2n) is 17.6. The zero-order valence-electron chi connectivity index (χ0n) is 33.6. The molecule has 4 heterocycles. The maximum atomic E-state index is 13.7. The van der Waals surface area contributed by atoms with Crippen LogP contribution >= 0.6 is 11.6 Å². The molecule has 2 aromatic carbocycles. The van der Waals surface area contributed by atoms with Crippen LogP contribution in [0, 0.1) is 17.8 Å². The van der Waals surface area contributed by atoms with Crippen molar-refractivity contribution in [1.82, 2.24) is 19.4 Å². The van der Waals surface area contributed by atoms with Crippen molar-refractivity contribution in [2.75, 3.05) is 77.5 Å². The van der Waals surface area contributed by atoms with Gasteiger partial charge in [0.1, 0.15) is 11.4 Å². The number of hydrogen-bond donors (Lipinski definition) is 1. The van der Waals surface area contributed by atoms with Crippen LogP contribution in [0.4, 0.5) is 5.69 Å². The Balaban J connectivity index is 1.16. The molecule has 3 fully saturated rings. The smallest absolute Gasteiger partial charge is 0.264 e. The maximum Gasteiger partial charge on any atom is 0.264 e. The normalized spacial score (nSPS) is 33.1. The first-order valence-corrected chi connectivity index (χ1v) is 22.7. The number of halogens is 1. The lowest BCUT2D eigenvalue weighted by molar-refractivity contribution is -0.131. The van der Waals surface area contributed by atoms with Gasteiger partial charge in [-0.3, -0.25) is 19.4 Å². The van der Waals surface area contributed by atoms with Gasteiger partial charge in [0, 0.05) is 88.1 Å². The van der Waals surface area contributed by atoms with Crippen molar-refractivity contribution in [3.8, 4) is 5.75 Å².